The molecule has 2 nitrogen and oxygen atoms in total. The van der Waals surface area contributed by atoms with E-state index in [1.165, 1.54) is 62.8 Å². The van der Waals surface area contributed by atoms with Crippen LogP contribution in [0.2, 0.25) is 0 Å². The molecule has 0 amide bonds. The molecule has 2 saturated heterocycles. The normalized spacial score (nSPS) is 30.2. The maximum absolute atomic E-state index is 3.46. The molecule has 13 heavy (non-hydrogen) atoms. The lowest BCUT2D eigenvalue weighted by Gasteiger charge is -2.45. The highest BCUT2D eigenvalue weighted by atomic mass is 15.4. The summed E-state index contributed by atoms with van der Waals surface area (Å²) in [6.45, 7) is 5.37. The zero-order valence-corrected chi connectivity index (χ0v) is 8.89. The van der Waals surface area contributed by atoms with E-state index in [1.807, 2.05) is 0 Å². The molecule has 2 rings (SSSR count). The van der Waals surface area contributed by atoms with Crippen molar-refractivity contribution in [2.45, 2.75) is 38.1 Å². The van der Waals surface area contributed by atoms with E-state index < -0.39 is 0 Å². The van der Waals surface area contributed by atoms with E-state index >= 15 is 0 Å². The van der Waals surface area contributed by atoms with Crippen molar-refractivity contribution < 1.29 is 4.48 Å². The number of nitrogens with one attached hydrogen (secondary N) is 1. The van der Waals surface area contributed by atoms with Crippen LogP contribution in [0.3, 0.4) is 0 Å². The van der Waals surface area contributed by atoms with Crippen molar-refractivity contribution in [3.8, 4) is 0 Å². The topological polar surface area (TPSA) is 12.0 Å². The van der Waals surface area contributed by atoms with Crippen molar-refractivity contribution in [2.75, 3.05) is 33.2 Å². The van der Waals surface area contributed by atoms with Crippen LogP contribution in [0.1, 0.15) is 32.1 Å². The quantitative estimate of drug-likeness (QED) is 0.605. The first kappa shape index (κ1) is 9.47. The molecular weight excluding hydrogens is 160 g/mol. The summed E-state index contributed by atoms with van der Waals surface area (Å²) < 4.78 is 1.38. The third-order valence-electron chi connectivity index (χ3n) is 4.03. The number of hydrogen-bond acceptors (Lipinski definition) is 1. The Morgan fingerprint density at radius 1 is 1.00 bits per heavy atom. The Kier molecular flexibility index (Phi) is 2.89. The van der Waals surface area contributed by atoms with Gasteiger partial charge in [-0.05, 0) is 19.3 Å². The van der Waals surface area contributed by atoms with Crippen LogP contribution in [0.5, 0.6) is 0 Å². The van der Waals surface area contributed by atoms with Crippen LogP contribution in [-0.4, -0.2) is 43.8 Å². The number of rotatable bonds is 1. The molecule has 76 valence electrons. The van der Waals surface area contributed by atoms with Crippen LogP contribution in [0.4, 0.5) is 0 Å². The van der Waals surface area contributed by atoms with Gasteiger partial charge in [-0.2, -0.15) is 0 Å². The first-order valence-electron chi connectivity index (χ1n) is 5.86. The largest absolute Gasteiger partial charge is 0.324 e. The van der Waals surface area contributed by atoms with Gasteiger partial charge in [-0.3, -0.25) is 0 Å². The highest BCUT2D eigenvalue weighted by Gasteiger charge is 2.34. The Morgan fingerprint density at radius 2 is 1.62 bits per heavy atom. The zero-order valence-electron chi connectivity index (χ0n) is 8.89. The molecule has 2 heteroatoms. The molecule has 2 aliphatic rings. The van der Waals surface area contributed by atoms with Crippen molar-refractivity contribution in [3.63, 3.8) is 0 Å². The number of piperidine rings is 2. The summed E-state index contributed by atoms with van der Waals surface area (Å²) in [6.07, 6.45) is 7.19. The van der Waals surface area contributed by atoms with Crippen molar-refractivity contribution in [2.24, 2.45) is 0 Å². The van der Waals surface area contributed by atoms with Gasteiger partial charge >= 0.3 is 0 Å². The van der Waals surface area contributed by atoms with E-state index in [0.717, 1.165) is 6.04 Å². The highest BCUT2D eigenvalue weighted by molar-refractivity contribution is 4.70. The van der Waals surface area contributed by atoms with Crippen molar-refractivity contribution in [1.29, 1.82) is 0 Å². The maximum Gasteiger partial charge on any atom is 0.0912 e. The molecule has 0 radical (unpaired) electrons. The Bertz CT molecular complexity index is 155. The number of nitrogens with zero attached hydrogens (tertiary/aromatic N) is 1. The lowest BCUT2D eigenvalue weighted by molar-refractivity contribution is -0.938. The Morgan fingerprint density at radius 3 is 2.23 bits per heavy atom. The van der Waals surface area contributed by atoms with Crippen LogP contribution in [0, 0.1) is 0 Å². The molecule has 0 aromatic rings. The minimum atomic E-state index is 0.960. The third kappa shape index (κ3) is 2.05. The first-order valence-corrected chi connectivity index (χ1v) is 5.86. The fraction of sp³-hybridized carbons (Fsp3) is 1.00. The second-order valence-electron chi connectivity index (χ2n) is 4.97. The molecule has 0 atom stereocenters. The van der Waals surface area contributed by atoms with Gasteiger partial charge < -0.3 is 9.80 Å². The lowest BCUT2D eigenvalue weighted by Crippen LogP contribution is -2.57. The molecule has 0 spiro atoms. The van der Waals surface area contributed by atoms with Gasteiger partial charge in [0.2, 0.25) is 0 Å². The average molecular weight is 183 g/mol. The van der Waals surface area contributed by atoms with E-state index in [2.05, 4.69) is 12.4 Å². The highest BCUT2D eigenvalue weighted by Crippen LogP contribution is 2.24. The predicted molar refractivity (Wildman–Crippen MR) is 55.7 cm³/mol. The van der Waals surface area contributed by atoms with Gasteiger partial charge in [0.1, 0.15) is 0 Å². The molecule has 0 aromatic heterocycles. The van der Waals surface area contributed by atoms with Crippen LogP contribution in [0.25, 0.3) is 0 Å². The van der Waals surface area contributed by atoms with E-state index in [0.29, 0.717) is 0 Å². The van der Waals surface area contributed by atoms with Crippen LogP contribution >= 0.6 is 0 Å². The van der Waals surface area contributed by atoms with Crippen LogP contribution in [0.15, 0.2) is 0 Å². The molecule has 0 aromatic carbocycles. The molecule has 1 N–H and O–H groups in total. The second-order valence-corrected chi connectivity index (χ2v) is 4.97. The van der Waals surface area contributed by atoms with Gasteiger partial charge in [0.25, 0.3) is 0 Å². The summed E-state index contributed by atoms with van der Waals surface area (Å²) in [5, 5.41) is 3.46. The summed E-state index contributed by atoms with van der Waals surface area (Å²) >= 11 is 0. The lowest BCUT2D eigenvalue weighted by atomic mass is 9.98. The molecule has 2 heterocycles. The average Bonchev–Trinajstić information content (AvgIpc) is 2.20. The summed E-state index contributed by atoms with van der Waals surface area (Å²) in [7, 11) is 2.48. The molecule has 0 unspecified atom stereocenters. The summed E-state index contributed by atoms with van der Waals surface area (Å²) in [5.41, 5.74) is 0. The van der Waals surface area contributed by atoms with Crippen molar-refractivity contribution in [3.05, 3.63) is 0 Å². The van der Waals surface area contributed by atoms with Gasteiger partial charge in [0.05, 0.1) is 26.2 Å². The standard InChI is InChI=1S/C11H23N2/c1-13(9-3-2-4-10-13)11-5-7-12-8-6-11/h11-12H,2-10H2,1H3/q+1. The predicted octanol–water partition coefficient (Wildman–Crippen LogP) is 1.37. The van der Waals surface area contributed by atoms with E-state index in [-0.39, 0.29) is 0 Å². The van der Waals surface area contributed by atoms with Gasteiger partial charge in [-0.25, -0.2) is 0 Å². The molecule has 0 saturated carbocycles. The monoisotopic (exact) mass is 183 g/mol. The maximum atomic E-state index is 3.46. The van der Waals surface area contributed by atoms with E-state index in [4.69, 9.17) is 0 Å². The molecule has 2 aliphatic heterocycles. The van der Waals surface area contributed by atoms with Gasteiger partial charge in [0.15, 0.2) is 0 Å². The Labute approximate surface area is 81.9 Å². The smallest absolute Gasteiger partial charge is 0.0912 e. The van der Waals surface area contributed by atoms with Gasteiger partial charge in [0, 0.05) is 25.9 Å². The Balaban J connectivity index is 1.94. The number of hydrogen-bond donors (Lipinski definition) is 1. The minimum absolute atomic E-state index is 0.960. The SMILES string of the molecule is C[N+]1(C2CCNCC2)CCCCC1. The first-order chi connectivity index (χ1) is 6.31. The van der Waals surface area contributed by atoms with Gasteiger partial charge in [-0.15, -0.1) is 0 Å². The molecule has 0 bridgehead atoms. The number of likely N-dealkylation sites (tertiary alicyclic amines) is 1. The Hall–Kier alpha value is -0.0800. The van der Waals surface area contributed by atoms with Crippen molar-refractivity contribution >= 4 is 0 Å². The second kappa shape index (κ2) is 3.97. The summed E-state index contributed by atoms with van der Waals surface area (Å²) in [4.78, 5) is 0. The van der Waals surface area contributed by atoms with E-state index in [9.17, 15) is 0 Å². The van der Waals surface area contributed by atoms with Crippen molar-refractivity contribution in [1.82, 2.24) is 5.32 Å². The minimum Gasteiger partial charge on any atom is -0.324 e. The fourth-order valence-electron chi connectivity index (χ4n) is 3.03. The van der Waals surface area contributed by atoms with Crippen LogP contribution in [-0.2, 0) is 0 Å². The van der Waals surface area contributed by atoms with E-state index in [1.54, 1.807) is 0 Å². The van der Waals surface area contributed by atoms with Crippen LogP contribution < -0.4 is 5.32 Å². The zero-order chi connectivity index (χ0) is 9.15. The molecule has 2 fully saturated rings. The fourth-order valence-corrected chi connectivity index (χ4v) is 3.03. The summed E-state index contributed by atoms with van der Waals surface area (Å²) in [6, 6.07) is 0.960. The molecular formula is C11H23N2+. The molecule has 0 aliphatic carbocycles. The third-order valence-corrected chi connectivity index (χ3v) is 4.03. The summed E-state index contributed by atoms with van der Waals surface area (Å²) in [5.74, 6) is 0. The number of quaternary nitrogens is 1. The van der Waals surface area contributed by atoms with Gasteiger partial charge in [-0.1, -0.05) is 0 Å².